The number of aromatic nitrogens is 2. The fraction of sp³-hybridized carbons (Fsp3) is 0.143. The first-order valence-corrected chi connectivity index (χ1v) is 5.83. The molecule has 0 aliphatic rings. The van der Waals surface area contributed by atoms with Crippen LogP contribution in [0.25, 0.3) is 22.2 Å². The lowest BCUT2D eigenvalue weighted by Gasteiger charge is -2.01. The molecule has 18 heavy (non-hydrogen) atoms. The van der Waals surface area contributed by atoms with E-state index in [9.17, 15) is 0 Å². The average Bonchev–Trinajstić information content (AvgIpc) is 2.87. The molecule has 3 aromatic rings. The number of nitrogens with zero attached hydrogens (tertiary/aromatic N) is 2. The highest BCUT2D eigenvalue weighted by atomic mass is 16.5. The van der Waals surface area contributed by atoms with Gasteiger partial charge in [0.05, 0.1) is 6.04 Å². The minimum absolute atomic E-state index is 0.249. The summed E-state index contributed by atoms with van der Waals surface area (Å²) in [6.45, 7) is 1.82. The van der Waals surface area contributed by atoms with Gasteiger partial charge >= 0.3 is 0 Å². The van der Waals surface area contributed by atoms with E-state index in [0.29, 0.717) is 11.7 Å². The van der Waals surface area contributed by atoms with Crippen LogP contribution in [0.15, 0.2) is 47.0 Å². The van der Waals surface area contributed by atoms with E-state index in [1.54, 1.807) is 0 Å². The zero-order chi connectivity index (χ0) is 12.5. The first-order chi connectivity index (χ1) is 8.75. The number of benzene rings is 2. The van der Waals surface area contributed by atoms with Gasteiger partial charge in [0.1, 0.15) is 0 Å². The molecule has 0 fully saturated rings. The lowest BCUT2D eigenvalue weighted by molar-refractivity contribution is 0.362. The predicted molar refractivity (Wildman–Crippen MR) is 69.8 cm³/mol. The van der Waals surface area contributed by atoms with Crippen molar-refractivity contribution in [2.24, 2.45) is 5.73 Å². The molecule has 0 spiro atoms. The monoisotopic (exact) mass is 239 g/mol. The second-order valence-electron chi connectivity index (χ2n) is 4.27. The summed E-state index contributed by atoms with van der Waals surface area (Å²) >= 11 is 0. The third kappa shape index (κ3) is 1.76. The van der Waals surface area contributed by atoms with Crippen molar-refractivity contribution in [2.45, 2.75) is 13.0 Å². The lowest BCUT2D eigenvalue weighted by atomic mass is 10.0. The minimum atomic E-state index is -0.249. The van der Waals surface area contributed by atoms with Gasteiger partial charge in [-0.2, -0.15) is 4.98 Å². The van der Waals surface area contributed by atoms with Crippen molar-refractivity contribution >= 4 is 10.8 Å². The molecule has 4 heteroatoms. The second kappa shape index (κ2) is 4.23. The molecular weight excluding hydrogens is 226 g/mol. The van der Waals surface area contributed by atoms with Crippen LogP contribution in [-0.4, -0.2) is 10.1 Å². The molecule has 90 valence electrons. The summed E-state index contributed by atoms with van der Waals surface area (Å²) in [5.41, 5.74) is 6.68. The molecule has 2 aromatic carbocycles. The Morgan fingerprint density at radius 3 is 2.67 bits per heavy atom. The first-order valence-electron chi connectivity index (χ1n) is 5.83. The van der Waals surface area contributed by atoms with Crippen molar-refractivity contribution in [3.05, 3.63) is 48.4 Å². The normalized spacial score (nSPS) is 12.8. The molecule has 0 amide bonds. The molecular formula is C14H13N3O. The van der Waals surface area contributed by atoms with Gasteiger partial charge in [0.25, 0.3) is 0 Å². The molecule has 4 nitrogen and oxygen atoms in total. The molecule has 0 unspecified atom stereocenters. The molecule has 1 atom stereocenters. The molecule has 0 bridgehead atoms. The quantitative estimate of drug-likeness (QED) is 0.746. The third-order valence-electron chi connectivity index (χ3n) is 2.86. The smallest absolute Gasteiger partial charge is 0.243 e. The van der Waals surface area contributed by atoms with E-state index in [-0.39, 0.29) is 6.04 Å². The van der Waals surface area contributed by atoms with Crippen molar-refractivity contribution in [1.29, 1.82) is 0 Å². The van der Waals surface area contributed by atoms with Crippen molar-refractivity contribution < 1.29 is 4.52 Å². The fourth-order valence-electron chi connectivity index (χ4n) is 1.95. The highest BCUT2D eigenvalue weighted by molar-refractivity contribution is 5.94. The number of hydrogen-bond acceptors (Lipinski definition) is 4. The number of nitrogens with two attached hydrogens (primary N) is 1. The maximum Gasteiger partial charge on any atom is 0.243 e. The predicted octanol–water partition coefficient (Wildman–Crippen LogP) is 2.91. The van der Waals surface area contributed by atoms with Crippen LogP contribution in [0.4, 0.5) is 0 Å². The zero-order valence-electron chi connectivity index (χ0n) is 10.00. The summed E-state index contributed by atoms with van der Waals surface area (Å²) in [5, 5.41) is 6.25. The van der Waals surface area contributed by atoms with E-state index in [4.69, 9.17) is 10.3 Å². The highest BCUT2D eigenvalue weighted by Crippen LogP contribution is 2.26. The lowest BCUT2D eigenvalue weighted by Crippen LogP contribution is -2.04. The van der Waals surface area contributed by atoms with Gasteiger partial charge in [-0.25, -0.2) is 0 Å². The van der Waals surface area contributed by atoms with Crippen LogP contribution in [0.1, 0.15) is 18.9 Å². The molecule has 0 radical (unpaired) electrons. The van der Waals surface area contributed by atoms with Crippen LogP contribution in [-0.2, 0) is 0 Å². The van der Waals surface area contributed by atoms with Gasteiger partial charge < -0.3 is 10.3 Å². The molecule has 1 aromatic heterocycles. The number of hydrogen-bond donors (Lipinski definition) is 1. The number of rotatable bonds is 2. The second-order valence-corrected chi connectivity index (χ2v) is 4.27. The van der Waals surface area contributed by atoms with Crippen molar-refractivity contribution in [3.8, 4) is 11.4 Å². The van der Waals surface area contributed by atoms with Crippen LogP contribution in [0.2, 0.25) is 0 Å². The molecule has 3 rings (SSSR count). The maximum atomic E-state index is 5.72. The van der Waals surface area contributed by atoms with Crippen molar-refractivity contribution in [1.82, 2.24) is 10.1 Å². The van der Waals surface area contributed by atoms with Crippen molar-refractivity contribution in [3.63, 3.8) is 0 Å². The Morgan fingerprint density at radius 2 is 1.89 bits per heavy atom. The van der Waals surface area contributed by atoms with E-state index in [2.05, 4.69) is 22.3 Å². The van der Waals surface area contributed by atoms with Gasteiger partial charge in [-0.1, -0.05) is 47.6 Å². The Bertz CT molecular complexity index is 683. The van der Waals surface area contributed by atoms with E-state index in [1.165, 1.54) is 0 Å². The SMILES string of the molecule is C[C@@H](N)c1nc(-c2cccc3ccccc23)no1. The average molecular weight is 239 g/mol. The van der Waals surface area contributed by atoms with E-state index in [1.807, 2.05) is 37.3 Å². The molecule has 0 aliphatic heterocycles. The van der Waals surface area contributed by atoms with Gasteiger partial charge in [0.2, 0.25) is 11.7 Å². The third-order valence-corrected chi connectivity index (χ3v) is 2.86. The van der Waals surface area contributed by atoms with Crippen LogP contribution in [0.3, 0.4) is 0 Å². The van der Waals surface area contributed by atoms with Crippen LogP contribution >= 0.6 is 0 Å². The summed E-state index contributed by atoms with van der Waals surface area (Å²) in [7, 11) is 0. The Hall–Kier alpha value is -2.20. The molecule has 2 N–H and O–H groups in total. The summed E-state index contributed by atoms with van der Waals surface area (Å²) in [5.74, 6) is 1.04. The van der Waals surface area contributed by atoms with Gasteiger partial charge in [-0.3, -0.25) is 0 Å². The molecule has 0 aliphatic carbocycles. The molecule has 0 saturated carbocycles. The highest BCUT2D eigenvalue weighted by Gasteiger charge is 2.13. The summed E-state index contributed by atoms with van der Waals surface area (Å²) in [4.78, 5) is 4.33. The van der Waals surface area contributed by atoms with E-state index >= 15 is 0 Å². The van der Waals surface area contributed by atoms with Crippen molar-refractivity contribution in [2.75, 3.05) is 0 Å². The molecule has 0 saturated heterocycles. The Balaban J connectivity index is 2.18. The summed E-state index contributed by atoms with van der Waals surface area (Å²) in [6.07, 6.45) is 0. The fourth-order valence-corrected chi connectivity index (χ4v) is 1.95. The largest absolute Gasteiger partial charge is 0.337 e. The van der Waals surface area contributed by atoms with Crippen LogP contribution in [0, 0.1) is 0 Å². The Kier molecular flexibility index (Phi) is 2.57. The Labute approximate surface area is 104 Å². The van der Waals surface area contributed by atoms with Crippen LogP contribution in [0.5, 0.6) is 0 Å². The molecule has 1 heterocycles. The number of fused-ring (bicyclic) bond motifs is 1. The Morgan fingerprint density at radius 1 is 1.11 bits per heavy atom. The minimum Gasteiger partial charge on any atom is -0.337 e. The van der Waals surface area contributed by atoms with Crippen LogP contribution < -0.4 is 5.73 Å². The summed E-state index contributed by atoms with van der Waals surface area (Å²) < 4.78 is 5.14. The first kappa shape index (κ1) is 10.9. The summed E-state index contributed by atoms with van der Waals surface area (Å²) in [6, 6.07) is 13.9. The van der Waals surface area contributed by atoms with Gasteiger partial charge in [-0.15, -0.1) is 0 Å². The zero-order valence-corrected chi connectivity index (χ0v) is 10.00. The van der Waals surface area contributed by atoms with Gasteiger partial charge in [0, 0.05) is 5.56 Å². The maximum absolute atomic E-state index is 5.72. The van der Waals surface area contributed by atoms with Gasteiger partial charge in [0.15, 0.2) is 0 Å². The van der Waals surface area contributed by atoms with E-state index < -0.39 is 0 Å². The van der Waals surface area contributed by atoms with Gasteiger partial charge in [-0.05, 0) is 17.7 Å². The topological polar surface area (TPSA) is 64.9 Å². The standard InChI is InChI=1S/C14H13N3O/c1-9(15)14-16-13(17-18-14)12-8-4-6-10-5-2-3-7-11(10)12/h2-9H,15H2,1H3/t9-/m1/s1. The van der Waals surface area contributed by atoms with E-state index in [0.717, 1.165) is 16.3 Å².